The summed E-state index contributed by atoms with van der Waals surface area (Å²) in [6.45, 7) is 0.613. The molecule has 0 saturated carbocycles. The molecule has 2 N–H and O–H groups in total. The van der Waals surface area contributed by atoms with E-state index in [0.717, 1.165) is 0 Å². The van der Waals surface area contributed by atoms with Crippen LogP contribution in [0.2, 0.25) is 0 Å². The number of amides is 2. The molecule has 3 atom stereocenters. The molecule has 228 valence electrons. The number of hydrogen-bond acceptors (Lipinski definition) is 7. The van der Waals surface area contributed by atoms with Crippen LogP contribution in [0.25, 0.3) is 0 Å². The molecule has 6 rings (SSSR count). The number of ether oxygens (including phenoxy) is 1. The van der Waals surface area contributed by atoms with Crippen LogP contribution in [-0.4, -0.2) is 56.9 Å². The number of pyridine rings is 1. The summed E-state index contributed by atoms with van der Waals surface area (Å²) in [7, 11) is 0. The minimum Gasteiger partial charge on any atom is -0.483 e. The van der Waals surface area contributed by atoms with E-state index in [1.54, 1.807) is 49.4 Å². The normalized spacial score (nSPS) is 21.9. The second-order valence-electron chi connectivity index (χ2n) is 10.9. The number of carbonyl (C=O) groups excluding carboxylic acids is 2. The number of oxime groups is 1. The molecule has 0 saturated heterocycles. The number of nitrogens with one attached hydrogen (secondary N) is 1. The van der Waals surface area contributed by atoms with Crippen molar-refractivity contribution >= 4 is 17.5 Å². The Bertz CT molecular complexity index is 1750. The minimum atomic E-state index is -1.21. The SMILES string of the molecule is CC1=NO[C@@]2(C=C[C@H](CO)N3C[C@H]2n2cc(C(=O)NCc4c(F)cc(F)cc4F)c(=O)c(OCc4ccccc4)c2C3=O)C1. The molecule has 1 aromatic heterocycles. The van der Waals surface area contributed by atoms with Crippen LogP contribution in [0.5, 0.6) is 5.75 Å². The predicted molar refractivity (Wildman–Crippen MR) is 151 cm³/mol. The van der Waals surface area contributed by atoms with Gasteiger partial charge in [-0.15, -0.1) is 0 Å². The molecule has 2 aromatic carbocycles. The summed E-state index contributed by atoms with van der Waals surface area (Å²) < 4.78 is 49.4. The number of nitrogens with zero attached hydrogens (tertiary/aromatic N) is 3. The van der Waals surface area contributed by atoms with Gasteiger partial charge in [-0.1, -0.05) is 41.6 Å². The molecule has 2 amide bonds. The van der Waals surface area contributed by atoms with Gasteiger partial charge in [0, 0.05) is 43.4 Å². The monoisotopic (exact) mass is 608 g/mol. The first-order chi connectivity index (χ1) is 21.1. The molecule has 3 aliphatic rings. The number of aromatic nitrogens is 1. The first-order valence-electron chi connectivity index (χ1n) is 13.8. The van der Waals surface area contributed by atoms with E-state index in [2.05, 4.69) is 10.5 Å². The second-order valence-corrected chi connectivity index (χ2v) is 10.9. The molecule has 0 radical (unpaired) electrons. The van der Waals surface area contributed by atoms with E-state index in [9.17, 15) is 32.7 Å². The summed E-state index contributed by atoms with van der Waals surface area (Å²) in [5, 5.41) is 16.6. The predicted octanol–water partition coefficient (Wildman–Crippen LogP) is 3.24. The summed E-state index contributed by atoms with van der Waals surface area (Å²) in [4.78, 5) is 48.6. The Balaban J connectivity index is 1.46. The number of carbonyl (C=O) groups is 2. The van der Waals surface area contributed by atoms with Crippen molar-refractivity contribution in [3.8, 4) is 5.75 Å². The van der Waals surface area contributed by atoms with Crippen molar-refractivity contribution in [1.82, 2.24) is 14.8 Å². The van der Waals surface area contributed by atoms with Gasteiger partial charge < -0.3 is 29.5 Å². The van der Waals surface area contributed by atoms with Crippen LogP contribution in [0.15, 0.2) is 70.8 Å². The smallest absolute Gasteiger partial charge is 0.275 e. The van der Waals surface area contributed by atoms with E-state index in [1.807, 2.05) is 0 Å². The Labute approximate surface area is 249 Å². The van der Waals surface area contributed by atoms with Crippen LogP contribution in [-0.2, 0) is 18.0 Å². The van der Waals surface area contributed by atoms with E-state index in [-0.39, 0.29) is 18.8 Å². The lowest BCUT2D eigenvalue weighted by Gasteiger charge is -2.42. The first-order valence-corrected chi connectivity index (χ1v) is 13.8. The number of hydrogen-bond donors (Lipinski definition) is 2. The highest BCUT2D eigenvalue weighted by atomic mass is 19.1. The molecule has 13 heteroatoms. The fourth-order valence-corrected chi connectivity index (χ4v) is 5.81. The van der Waals surface area contributed by atoms with E-state index >= 15 is 0 Å². The van der Waals surface area contributed by atoms with E-state index in [1.165, 1.54) is 15.7 Å². The van der Waals surface area contributed by atoms with Gasteiger partial charge in [-0.2, -0.15) is 0 Å². The Morgan fingerprint density at radius 1 is 1.18 bits per heavy atom. The zero-order valence-corrected chi connectivity index (χ0v) is 23.4. The Hall–Kier alpha value is -4.91. The van der Waals surface area contributed by atoms with Crippen LogP contribution in [0.3, 0.4) is 0 Å². The van der Waals surface area contributed by atoms with Gasteiger partial charge in [0.15, 0.2) is 17.0 Å². The van der Waals surface area contributed by atoms with Crippen molar-refractivity contribution in [3.63, 3.8) is 0 Å². The molecule has 3 aromatic rings. The van der Waals surface area contributed by atoms with Gasteiger partial charge in [0.2, 0.25) is 5.43 Å². The zero-order chi connectivity index (χ0) is 31.2. The van der Waals surface area contributed by atoms with Crippen LogP contribution in [0.4, 0.5) is 13.2 Å². The summed E-state index contributed by atoms with van der Waals surface area (Å²) >= 11 is 0. The van der Waals surface area contributed by atoms with Crippen molar-refractivity contribution in [1.29, 1.82) is 0 Å². The summed E-state index contributed by atoms with van der Waals surface area (Å²) in [5.74, 6) is -5.56. The largest absolute Gasteiger partial charge is 0.483 e. The lowest BCUT2D eigenvalue weighted by Crippen LogP contribution is -2.54. The van der Waals surface area contributed by atoms with Crippen molar-refractivity contribution in [2.45, 2.75) is 44.2 Å². The maximum absolute atomic E-state index is 14.3. The average molecular weight is 609 g/mol. The summed E-state index contributed by atoms with van der Waals surface area (Å²) in [5.41, 5.74) is -1.91. The molecule has 0 unspecified atom stereocenters. The molecule has 2 bridgehead atoms. The van der Waals surface area contributed by atoms with Crippen LogP contribution < -0.4 is 15.5 Å². The van der Waals surface area contributed by atoms with Crippen LogP contribution in [0, 0.1) is 17.5 Å². The number of benzene rings is 2. The Morgan fingerprint density at radius 3 is 2.57 bits per heavy atom. The van der Waals surface area contributed by atoms with E-state index in [0.29, 0.717) is 29.8 Å². The third kappa shape index (κ3) is 5.02. The number of halogens is 3. The Kier molecular flexibility index (Phi) is 7.49. The third-order valence-electron chi connectivity index (χ3n) is 8.02. The summed E-state index contributed by atoms with van der Waals surface area (Å²) in [6, 6.07) is 8.36. The molecule has 0 aliphatic carbocycles. The van der Waals surface area contributed by atoms with Crippen molar-refractivity contribution in [2.75, 3.05) is 13.2 Å². The fourth-order valence-electron chi connectivity index (χ4n) is 5.81. The first kappa shape index (κ1) is 29.2. The van der Waals surface area contributed by atoms with E-state index in [4.69, 9.17) is 9.57 Å². The molecular formula is C31H27F3N4O6. The summed E-state index contributed by atoms with van der Waals surface area (Å²) in [6.07, 6.45) is 4.90. The van der Waals surface area contributed by atoms with Gasteiger partial charge in [-0.05, 0) is 18.6 Å². The van der Waals surface area contributed by atoms with Crippen LogP contribution >= 0.6 is 0 Å². The highest BCUT2D eigenvalue weighted by molar-refractivity contribution is 5.99. The molecule has 10 nitrogen and oxygen atoms in total. The quantitative estimate of drug-likeness (QED) is 0.398. The van der Waals surface area contributed by atoms with Crippen molar-refractivity contribution in [2.24, 2.45) is 5.16 Å². The molecule has 44 heavy (non-hydrogen) atoms. The lowest BCUT2D eigenvalue weighted by molar-refractivity contribution is -0.0331. The molecule has 0 fully saturated rings. The minimum absolute atomic E-state index is 0.0426. The highest BCUT2D eigenvalue weighted by Crippen LogP contribution is 2.43. The van der Waals surface area contributed by atoms with E-state index < -0.39 is 82.4 Å². The topological polar surface area (TPSA) is 122 Å². The van der Waals surface area contributed by atoms with Crippen LogP contribution in [0.1, 0.15) is 51.4 Å². The zero-order valence-electron chi connectivity index (χ0n) is 23.4. The maximum atomic E-state index is 14.3. The molecule has 1 spiro atoms. The van der Waals surface area contributed by atoms with Gasteiger partial charge in [0.05, 0.1) is 24.4 Å². The average Bonchev–Trinajstić information content (AvgIpc) is 3.31. The molecular weight excluding hydrogens is 581 g/mol. The van der Waals surface area contributed by atoms with Crippen molar-refractivity contribution in [3.05, 3.63) is 111 Å². The van der Waals surface area contributed by atoms with Gasteiger partial charge in [0.25, 0.3) is 11.8 Å². The fraction of sp³-hybridized carbons (Fsp3) is 0.290. The maximum Gasteiger partial charge on any atom is 0.275 e. The Morgan fingerprint density at radius 2 is 1.91 bits per heavy atom. The number of aliphatic hydroxyl groups excluding tert-OH is 1. The van der Waals surface area contributed by atoms with Gasteiger partial charge in [-0.25, -0.2) is 13.2 Å². The number of aliphatic hydroxyl groups is 1. The lowest BCUT2D eigenvalue weighted by atomic mass is 9.87. The van der Waals surface area contributed by atoms with Gasteiger partial charge in [0.1, 0.15) is 29.6 Å². The standard InChI is InChI=1S/C31H27F3N4O6/c1-17-11-31(44-36-17)8-7-20(15-39)37-14-25(31)38-13-22(29(41)35-12-21-23(33)9-19(32)10-24(21)34)27(40)28(26(38)30(37)42)43-16-18-5-3-2-4-6-18/h2-10,13,20,25,39H,11-12,14-16H2,1H3,(H,35,41)/t20-,25-,31+/m1/s1. The second kappa shape index (κ2) is 11.3. The van der Waals surface area contributed by atoms with Gasteiger partial charge >= 0.3 is 0 Å². The number of rotatable bonds is 7. The molecule has 4 heterocycles. The third-order valence-corrected chi connectivity index (χ3v) is 8.02. The number of fused-ring (bicyclic) bond motifs is 5. The van der Waals surface area contributed by atoms with Crippen molar-refractivity contribution < 1.29 is 37.4 Å². The van der Waals surface area contributed by atoms with Gasteiger partial charge in [-0.3, -0.25) is 14.4 Å². The molecule has 3 aliphatic heterocycles. The highest BCUT2D eigenvalue weighted by Gasteiger charge is 2.52.